The molecule has 1 aromatic carbocycles. The van der Waals surface area contributed by atoms with Crippen LogP contribution in [0.5, 0.6) is 0 Å². The fourth-order valence-corrected chi connectivity index (χ4v) is 1.58. The van der Waals surface area contributed by atoms with Crippen molar-refractivity contribution in [3.8, 4) is 6.07 Å². The molecule has 0 radical (unpaired) electrons. The lowest BCUT2D eigenvalue weighted by atomic mass is 9.84. The van der Waals surface area contributed by atoms with Crippen molar-refractivity contribution in [1.82, 2.24) is 0 Å². The Morgan fingerprint density at radius 3 is 2.50 bits per heavy atom. The van der Waals surface area contributed by atoms with Gasteiger partial charge in [0.25, 0.3) is 0 Å². The molecule has 0 aliphatic heterocycles. The van der Waals surface area contributed by atoms with Crippen LogP contribution in [0.4, 0.5) is 0 Å². The van der Waals surface area contributed by atoms with Crippen LogP contribution in [-0.2, 0) is 6.42 Å². The van der Waals surface area contributed by atoms with Crippen molar-refractivity contribution in [2.45, 2.75) is 34.1 Å². The molecule has 0 unspecified atom stereocenters. The summed E-state index contributed by atoms with van der Waals surface area (Å²) in [4.78, 5) is 12.2. The topological polar surface area (TPSA) is 40.9 Å². The van der Waals surface area contributed by atoms with Gasteiger partial charge in [-0.3, -0.25) is 4.79 Å². The summed E-state index contributed by atoms with van der Waals surface area (Å²) < 4.78 is 0. The van der Waals surface area contributed by atoms with E-state index < -0.39 is 5.41 Å². The highest BCUT2D eigenvalue weighted by Gasteiger charge is 2.24. The molecule has 0 spiro atoms. The van der Waals surface area contributed by atoms with Crippen molar-refractivity contribution >= 4 is 5.78 Å². The number of nitrogens with zero attached hydrogens (tertiary/aromatic N) is 1. The van der Waals surface area contributed by atoms with Gasteiger partial charge in [-0.15, -0.1) is 0 Å². The zero-order valence-electron chi connectivity index (χ0n) is 10.3. The monoisotopic (exact) mass is 215 g/mol. The van der Waals surface area contributed by atoms with E-state index in [1.54, 1.807) is 0 Å². The van der Waals surface area contributed by atoms with E-state index in [0.717, 1.165) is 11.1 Å². The molecule has 16 heavy (non-hydrogen) atoms. The number of nitriles is 1. The summed E-state index contributed by atoms with van der Waals surface area (Å²) in [6, 6.07) is 7.77. The SMILES string of the molecule is Cc1ccc(C(=O)C(C)(C)C)c(CC#N)c1. The number of carbonyl (C=O) groups excluding carboxylic acids is 1. The Balaban J connectivity index is 3.24. The fourth-order valence-electron chi connectivity index (χ4n) is 1.58. The number of benzene rings is 1. The molecular formula is C14H17NO. The molecule has 0 bridgehead atoms. The molecule has 0 aliphatic rings. The quantitative estimate of drug-likeness (QED) is 0.710. The molecule has 0 heterocycles. The van der Waals surface area contributed by atoms with Gasteiger partial charge >= 0.3 is 0 Å². The smallest absolute Gasteiger partial charge is 0.168 e. The van der Waals surface area contributed by atoms with Gasteiger partial charge in [0.1, 0.15) is 0 Å². The van der Waals surface area contributed by atoms with Gasteiger partial charge in [-0.05, 0) is 12.5 Å². The zero-order valence-corrected chi connectivity index (χ0v) is 10.3. The minimum Gasteiger partial charge on any atom is -0.294 e. The molecule has 2 nitrogen and oxygen atoms in total. The van der Waals surface area contributed by atoms with Crippen LogP contribution in [-0.4, -0.2) is 5.78 Å². The molecule has 0 saturated carbocycles. The molecule has 84 valence electrons. The Bertz CT molecular complexity index is 447. The number of carbonyl (C=O) groups is 1. The first-order valence-corrected chi connectivity index (χ1v) is 5.37. The highest BCUT2D eigenvalue weighted by atomic mass is 16.1. The van der Waals surface area contributed by atoms with Crippen molar-refractivity contribution < 1.29 is 4.79 Å². The van der Waals surface area contributed by atoms with Crippen molar-refractivity contribution in [2.75, 3.05) is 0 Å². The highest BCUT2D eigenvalue weighted by Crippen LogP contribution is 2.24. The Morgan fingerprint density at radius 1 is 1.38 bits per heavy atom. The normalized spacial score (nSPS) is 10.9. The number of ketones is 1. The Labute approximate surface area is 96.9 Å². The van der Waals surface area contributed by atoms with E-state index in [2.05, 4.69) is 6.07 Å². The summed E-state index contributed by atoms with van der Waals surface area (Å²) in [6.07, 6.45) is 0.291. The number of hydrogen-bond donors (Lipinski definition) is 0. The molecule has 0 saturated heterocycles. The van der Waals surface area contributed by atoms with E-state index >= 15 is 0 Å². The number of hydrogen-bond acceptors (Lipinski definition) is 2. The second-order valence-corrected chi connectivity index (χ2v) is 5.07. The minimum absolute atomic E-state index is 0.0951. The molecule has 0 aromatic heterocycles. The third kappa shape index (κ3) is 2.70. The lowest BCUT2D eigenvalue weighted by molar-refractivity contribution is 0.0857. The fraction of sp³-hybridized carbons (Fsp3) is 0.429. The van der Waals surface area contributed by atoms with Gasteiger partial charge < -0.3 is 0 Å². The minimum atomic E-state index is -0.403. The number of aryl methyl sites for hydroxylation is 1. The highest BCUT2D eigenvalue weighted by molar-refractivity contribution is 6.01. The largest absolute Gasteiger partial charge is 0.294 e. The van der Waals surface area contributed by atoms with Crippen LogP contribution in [0, 0.1) is 23.7 Å². The van der Waals surface area contributed by atoms with Crippen LogP contribution in [0.1, 0.15) is 42.3 Å². The second-order valence-electron chi connectivity index (χ2n) is 5.07. The second kappa shape index (κ2) is 4.49. The third-order valence-electron chi connectivity index (χ3n) is 2.46. The van der Waals surface area contributed by atoms with Gasteiger partial charge in [0.15, 0.2) is 5.78 Å². The Morgan fingerprint density at radius 2 is 2.00 bits per heavy atom. The van der Waals surface area contributed by atoms with Gasteiger partial charge in [-0.25, -0.2) is 0 Å². The maximum atomic E-state index is 12.2. The van der Waals surface area contributed by atoms with Crippen molar-refractivity contribution in [2.24, 2.45) is 5.41 Å². The summed E-state index contributed by atoms with van der Waals surface area (Å²) in [7, 11) is 0. The van der Waals surface area contributed by atoms with E-state index in [4.69, 9.17) is 5.26 Å². The standard InChI is InChI=1S/C14H17NO/c1-10-5-6-12(11(9-10)7-8-15)13(16)14(2,3)4/h5-6,9H,7H2,1-4H3. The molecule has 0 amide bonds. The lowest BCUT2D eigenvalue weighted by Gasteiger charge is -2.18. The maximum absolute atomic E-state index is 12.2. The molecule has 2 heteroatoms. The van der Waals surface area contributed by atoms with Gasteiger partial charge in [0, 0.05) is 11.0 Å². The van der Waals surface area contributed by atoms with E-state index in [1.165, 1.54) is 0 Å². The van der Waals surface area contributed by atoms with Crippen molar-refractivity contribution in [3.63, 3.8) is 0 Å². The molecule has 0 N–H and O–H groups in total. The molecule has 1 rings (SSSR count). The number of Topliss-reactive ketones (excluding diaryl/α,β-unsaturated/α-hetero) is 1. The first-order valence-electron chi connectivity index (χ1n) is 5.37. The van der Waals surface area contributed by atoms with Crippen LogP contribution in [0.15, 0.2) is 18.2 Å². The van der Waals surface area contributed by atoms with Crippen LogP contribution in [0.25, 0.3) is 0 Å². The Hall–Kier alpha value is -1.62. The summed E-state index contributed by atoms with van der Waals surface area (Å²) in [5, 5.41) is 8.76. The van der Waals surface area contributed by atoms with Crippen molar-refractivity contribution in [3.05, 3.63) is 34.9 Å². The summed E-state index contributed by atoms with van der Waals surface area (Å²) in [5.74, 6) is 0.0951. The summed E-state index contributed by atoms with van der Waals surface area (Å²) in [6.45, 7) is 7.65. The average molecular weight is 215 g/mol. The maximum Gasteiger partial charge on any atom is 0.168 e. The third-order valence-corrected chi connectivity index (χ3v) is 2.46. The predicted molar refractivity (Wildman–Crippen MR) is 64.3 cm³/mol. The van der Waals surface area contributed by atoms with Gasteiger partial charge in [0.2, 0.25) is 0 Å². The molecular weight excluding hydrogens is 198 g/mol. The molecule has 0 fully saturated rings. The van der Waals surface area contributed by atoms with Gasteiger partial charge in [0.05, 0.1) is 12.5 Å². The zero-order chi connectivity index (χ0) is 12.3. The first-order chi connectivity index (χ1) is 7.36. The Kier molecular flexibility index (Phi) is 3.49. The van der Waals surface area contributed by atoms with E-state index in [0.29, 0.717) is 12.0 Å². The molecule has 0 atom stereocenters. The van der Waals surface area contributed by atoms with Crippen LogP contribution >= 0.6 is 0 Å². The van der Waals surface area contributed by atoms with Crippen LogP contribution in [0.2, 0.25) is 0 Å². The molecule has 0 aliphatic carbocycles. The van der Waals surface area contributed by atoms with Crippen LogP contribution in [0.3, 0.4) is 0 Å². The van der Waals surface area contributed by atoms with Crippen LogP contribution < -0.4 is 0 Å². The van der Waals surface area contributed by atoms with Crippen molar-refractivity contribution in [1.29, 1.82) is 5.26 Å². The van der Waals surface area contributed by atoms with Gasteiger partial charge in [-0.2, -0.15) is 5.26 Å². The number of rotatable bonds is 2. The van der Waals surface area contributed by atoms with E-state index in [1.807, 2.05) is 45.9 Å². The van der Waals surface area contributed by atoms with E-state index in [9.17, 15) is 4.79 Å². The first kappa shape index (κ1) is 12.4. The predicted octanol–water partition coefficient (Wildman–Crippen LogP) is 3.29. The van der Waals surface area contributed by atoms with E-state index in [-0.39, 0.29) is 5.78 Å². The lowest BCUT2D eigenvalue weighted by Crippen LogP contribution is -2.21. The molecule has 1 aromatic rings. The average Bonchev–Trinajstić information content (AvgIpc) is 2.16. The summed E-state index contributed by atoms with van der Waals surface area (Å²) >= 11 is 0. The summed E-state index contributed by atoms with van der Waals surface area (Å²) in [5.41, 5.74) is 2.19. The van der Waals surface area contributed by atoms with Gasteiger partial charge in [-0.1, -0.05) is 44.5 Å².